The lowest BCUT2D eigenvalue weighted by Gasteiger charge is -2.45. The summed E-state index contributed by atoms with van der Waals surface area (Å²) in [7, 11) is 0. The van der Waals surface area contributed by atoms with Crippen LogP contribution in [0.5, 0.6) is 0 Å². The van der Waals surface area contributed by atoms with Gasteiger partial charge in [0.05, 0.1) is 12.2 Å². The Hall–Kier alpha value is -2.45. The third-order valence-corrected chi connectivity index (χ3v) is 8.10. The number of hydrogen-bond donors (Lipinski definition) is 1. The number of halogens is 4. The number of hydrogen-bond acceptors (Lipinski definition) is 3. The van der Waals surface area contributed by atoms with Crippen molar-refractivity contribution in [2.75, 3.05) is 19.7 Å². The summed E-state index contributed by atoms with van der Waals surface area (Å²) in [5, 5.41) is 2.86. The van der Waals surface area contributed by atoms with E-state index in [1.165, 1.54) is 23.8 Å². The van der Waals surface area contributed by atoms with Gasteiger partial charge in [0.25, 0.3) is 5.91 Å². The molecule has 2 aromatic rings. The van der Waals surface area contributed by atoms with Gasteiger partial charge in [0.2, 0.25) is 0 Å². The Morgan fingerprint density at radius 3 is 2.36 bits per heavy atom. The summed E-state index contributed by atoms with van der Waals surface area (Å²) in [4.78, 5) is 15.7. The number of nitrogens with one attached hydrogen (secondary N) is 1. The molecule has 36 heavy (non-hydrogen) atoms. The molecule has 2 saturated heterocycles. The van der Waals surface area contributed by atoms with Gasteiger partial charge in [0.15, 0.2) is 0 Å². The highest BCUT2D eigenvalue weighted by molar-refractivity contribution is 5.86. The van der Waals surface area contributed by atoms with Crippen LogP contribution in [-0.2, 0) is 22.3 Å². The highest BCUT2D eigenvalue weighted by Crippen LogP contribution is 2.47. The van der Waals surface area contributed by atoms with Gasteiger partial charge in [0.1, 0.15) is 11.4 Å². The molecule has 0 aromatic heterocycles. The summed E-state index contributed by atoms with van der Waals surface area (Å²) in [6.07, 6.45) is 0.948. The number of piperidine rings is 1. The molecule has 2 aliphatic heterocycles. The molecule has 2 aromatic carbocycles. The number of benzene rings is 2. The molecule has 4 nitrogen and oxygen atoms in total. The van der Waals surface area contributed by atoms with Crippen LogP contribution in [0.2, 0.25) is 0 Å². The maximum atomic E-state index is 13.3. The maximum absolute atomic E-state index is 13.3. The Balaban J connectivity index is 1.15. The molecule has 1 aliphatic carbocycles. The van der Waals surface area contributed by atoms with Crippen LogP contribution in [-0.4, -0.2) is 42.1 Å². The minimum absolute atomic E-state index is 0.0426. The van der Waals surface area contributed by atoms with Gasteiger partial charge >= 0.3 is 6.18 Å². The first-order valence-corrected chi connectivity index (χ1v) is 12.8. The lowest BCUT2D eigenvalue weighted by Crippen LogP contribution is -2.57. The molecule has 0 radical (unpaired) electrons. The van der Waals surface area contributed by atoms with Crippen molar-refractivity contribution in [3.05, 3.63) is 71.0 Å². The second kappa shape index (κ2) is 10.1. The molecule has 2 heterocycles. The molecule has 1 N–H and O–H groups in total. The molecule has 0 spiro atoms. The van der Waals surface area contributed by atoms with Crippen LogP contribution < -0.4 is 5.32 Å². The number of amides is 1. The van der Waals surface area contributed by atoms with E-state index in [-0.39, 0.29) is 30.2 Å². The van der Waals surface area contributed by atoms with E-state index in [1.807, 2.05) is 12.1 Å². The fourth-order valence-electron chi connectivity index (χ4n) is 5.83. The smallest absolute Gasteiger partial charge is 0.363 e. The van der Waals surface area contributed by atoms with Crippen molar-refractivity contribution in [1.29, 1.82) is 0 Å². The number of alkyl halides is 3. The van der Waals surface area contributed by atoms with E-state index in [9.17, 15) is 22.4 Å². The van der Waals surface area contributed by atoms with Gasteiger partial charge in [-0.3, -0.25) is 9.69 Å². The Bertz CT molecular complexity index is 1050. The van der Waals surface area contributed by atoms with Crippen molar-refractivity contribution in [2.24, 2.45) is 5.92 Å². The third-order valence-electron chi connectivity index (χ3n) is 8.10. The average Bonchev–Trinajstić information content (AvgIpc) is 3.74. The number of carbonyl (C=O) groups is 1. The predicted molar refractivity (Wildman–Crippen MR) is 128 cm³/mol. The van der Waals surface area contributed by atoms with Crippen LogP contribution in [0.3, 0.4) is 0 Å². The maximum Gasteiger partial charge on any atom is 0.416 e. The van der Waals surface area contributed by atoms with Crippen molar-refractivity contribution in [3.63, 3.8) is 0 Å². The van der Waals surface area contributed by atoms with Crippen LogP contribution >= 0.6 is 0 Å². The SMILES string of the molecule is O=C(NCc1cccc(C(F)(F)F)c1)C1(C2CC2)CC[C@@H](N2CCC(c3ccc(F)cc3)CC2)CO1. The number of carbonyl (C=O) groups excluding carboxylic acids is 1. The Morgan fingerprint density at radius 2 is 1.75 bits per heavy atom. The third kappa shape index (κ3) is 5.44. The summed E-state index contributed by atoms with van der Waals surface area (Å²) < 4.78 is 58.6. The van der Waals surface area contributed by atoms with E-state index in [1.54, 1.807) is 6.07 Å². The van der Waals surface area contributed by atoms with E-state index in [0.717, 1.165) is 57.3 Å². The van der Waals surface area contributed by atoms with Crippen LogP contribution in [0.25, 0.3) is 0 Å². The minimum Gasteiger partial charge on any atom is -0.363 e. The van der Waals surface area contributed by atoms with Crippen LogP contribution in [0.4, 0.5) is 17.6 Å². The summed E-state index contributed by atoms with van der Waals surface area (Å²) in [6, 6.07) is 12.1. The molecule has 0 bridgehead atoms. The molecule has 1 saturated carbocycles. The first-order chi connectivity index (χ1) is 17.2. The second-order valence-corrected chi connectivity index (χ2v) is 10.4. The monoisotopic (exact) mass is 504 g/mol. The molecule has 1 unspecified atom stereocenters. The molecular weight excluding hydrogens is 472 g/mol. The minimum atomic E-state index is -4.41. The van der Waals surface area contributed by atoms with Crippen molar-refractivity contribution < 1.29 is 27.1 Å². The van der Waals surface area contributed by atoms with E-state index in [2.05, 4.69) is 10.2 Å². The Morgan fingerprint density at radius 1 is 1.03 bits per heavy atom. The zero-order valence-electron chi connectivity index (χ0n) is 20.2. The van der Waals surface area contributed by atoms with Gasteiger partial charge in [0, 0.05) is 12.6 Å². The molecule has 3 fully saturated rings. The highest BCUT2D eigenvalue weighted by atomic mass is 19.4. The fraction of sp³-hybridized carbons (Fsp3) is 0.536. The van der Waals surface area contributed by atoms with E-state index < -0.39 is 17.3 Å². The molecule has 8 heteroatoms. The number of ether oxygens (including phenoxy) is 1. The lowest BCUT2D eigenvalue weighted by atomic mass is 9.84. The first kappa shape index (κ1) is 25.2. The van der Waals surface area contributed by atoms with Gasteiger partial charge in [-0.2, -0.15) is 13.2 Å². The summed E-state index contributed by atoms with van der Waals surface area (Å²) in [6.45, 7) is 2.40. The Labute approximate surface area is 209 Å². The fourth-order valence-corrected chi connectivity index (χ4v) is 5.83. The molecule has 2 atom stereocenters. The van der Waals surface area contributed by atoms with Crippen LogP contribution in [0.1, 0.15) is 61.1 Å². The van der Waals surface area contributed by atoms with Crippen molar-refractivity contribution >= 4 is 5.91 Å². The lowest BCUT2D eigenvalue weighted by molar-refractivity contribution is -0.165. The number of nitrogens with zero attached hydrogens (tertiary/aromatic N) is 1. The van der Waals surface area contributed by atoms with Crippen LogP contribution in [0.15, 0.2) is 48.5 Å². The topological polar surface area (TPSA) is 41.6 Å². The zero-order valence-corrected chi connectivity index (χ0v) is 20.2. The highest BCUT2D eigenvalue weighted by Gasteiger charge is 2.54. The summed E-state index contributed by atoms with van der Waals surface area (Å²) >= 11 is 0. The number of rotatable bonds is 6. The van der Waals surface area contributed by atoms with Crippen molar-refractivity contribution in [3.8, 4) is 0 Å². The second-order valence-electron chi connectivity index (χ2n) is 10.4. The van der Waals surface area contributed by atoms with Crippen molar-refractivity contribution in [1.82, 2.24) is 10.2 Å². The molecule has 1 amide bonds. The van der Waals surface area contributed by atoms with E-state index in [4.69, 9.17) is 4.74 Å². The predicted octanol–water partition coefficient (Wildman–Crippen LogP) is 5.67. The van der Waals surface area contributed by atoms with Gasteiger partial charge < -0.3 is 10.1 Å². The van der Waals surface area contributed by atoms with E-state index >= 15 is 0 Å². The first-order valence-electron chi connectivity index (χ1n) is 12.8. The van der Waals surface area contributed by atoms with Crippen LogP contribution in [0, 0.1) is 11.7 Å². The molecule has 5 rings (SSSR count). The normalized spacial score (nSPS) is 26.1. The number of likely N-dealkylation sites (tertiary alicyclic amines) is 1. The van der Waals surface area contributed by atoms with Gasteiger partial charge in [-0.1, -0.05) is 24.3 Å². The molecule has 3 aliphatic rings. The average molecular weight is 505 g/mol. The molecular formula is C28H32F4N2O2. The van der Waals surface area contributed by atoms with Crippen molar-refractivity contribution in [2.45, 2.75) is 68.8 Å². The summed E-state index contributed by atoms with van der Waals surface area (Å²) in [5.74, 6) is 0.173. The summed E-state index contributed by atoms with van der Waals surface area (Å²) in [5.41, 5.74) is -0.000945. The van der Waals surface area contributed by atoms with E-state index in [0.29, 0.717) is 24.5 Å². The zero-order chi connectivity index (χ0) is 25.3. The van der Waals surface area contributed by atoms with Gasteiger partial charge in [-0.25, -0.2) is 4.39 Å². The quantitative estimate of drug-likeness (QED) is 0.516. The largest absolute Gasteiger partial charge is 0.416 e. The van der Waals surface area contributed by atoms with Gasteiger partial charge in [-0.15, -0.1) is 0 Å². The standard InChI is InChI=1S/C28H32F4N2O2/c29-24-8-4-20(5-9-24)21-11-14-34(15-12-21)25-10-13-27(36-18-25,22-6-7-22)26(35)33-17-19-2-1-3-23(16-19)28(30,31)32/h1-5,8-9,16,21-22,25H,6-7,10-15,17-18H2,(H,33,35)/t25-,27?/m1/s1. The molecule has 194 valence electrons. The Kier molecular flexibility index (Phi) is 7.10. The van der Waals surface area contributed by atoms with Gasteiger partial charge in [-0.05, 0) is 98.8 Å².